The van der Waals surface area contributed by atoms with Crippen LogP contribution >= 0.6 is 0 Å². The van der Waals surface area contributed by atoms with Gasteiger partial charge in [0.05, 0.1) is 7.11 Å². The van der Waals surface area contributed by atoms with Gasteiger partial charge in [0.2, 0.25) is 6.10 Å². The normalized spacial score (nSPS) is 13.1. The number of unbranched alkanes of at least 4 members (excludes halogenated alkanes) is 3. The van der Waals surface area contributed by atoms with Crippen LogP contribution in [-0.4, -0.2) is 34.0 Å². The lowest BCUT2D eigenvalue weighted by Crippen LogP contribution is -2.40. The second-order valence-electron chi connectivity index (χ2n) is 8.58. The third-order valence-corrected chi connectivity index (χ3v) is 9.85. The highest BCUT2D eigenvalue weighted by Crippen LogP contribution is 2.36. The van der Waals surface area contributed by atoms with Crippen molar-refractivity contribution in [3.05, 3.63) is 35.9 Å². The molecular formula is C22H36O5Si. The van der Waals surface area contributed by atoms with E-state index in [0.29, 0.717) is 12.0 Å². The van der Waals surface area contributed by atoms with Gasteiger partial charge in [0, 0.05) is 18.6 Å². The molecule has 158 valence electrons. The van der Waals surface area contributed by atoms with Gasteiger partial charge in [-0.3, -0.25) is 4.79 Å². The largest absolute Gasteiger partial charge is 0.466 e. The molecule has 0 aliphatic heterocycles. The van der Waals surface area contributed by atoms with Crippen LogP contribution in [0.25, 0.3) is 0 Å². The molecule has 5 nitrogen and oxygen atoms in total. The molecule has 0 saturated carbocycles. The first-order chi connectivity index (χ1) is 13.1. The Labute approximate surface area is 170 Å². The Morgan fingerprint density at radius 2 is 1.61 bits per heavy atom. The standard InChI is InChI=1S/C22H36O5Si/c1-22(2,3)28(5,6)26-17-13-8-7-12-16-19(23)27-20(21(24)25-4)18-14-10-9-11-15-18/h9-11,14-15,20H,7-8,12-13,16-17H2,1-6H3. The number of carbonyl (C=O) groups excluding carboxylic acids is 2. The molecule has 0 aromatic heterocycles. The molecule has 1 rings (SSSR count). The molecule has 0 bridgehead atoms. The summed E-state index contributed by atoms with van der Waals surface area (Å²) in [5, 5.41) is 0.228. The zero-order valence-electron chi connectivity index (χ0n) is 18.2. The fourth-order valence-corrected chi connectivity index (χ4v) is 3.53. The summed E-state index contributed by atoms with van der Waals surface area (Å²) in [5.74, 6) is -0.945. The molecule has 0 aliphatic rings. The smallest absolute Gasteiger partial charge is 0.351 e. The molecule has 1 aromatic carbocycles. The number of hydrogen-bond donors (Lipinski definition) is 0. The summed E-state index contributed by atoms with van der Waals surface area (Å²) in [6.45, 7) is 12.0. The molecule has 1 atom stereocenters. The van der Waals surface area contributed by atoms with E-state index in [1.807, 2.05) is 6.07 Å². The third kappa shape index (κ3) is 8.15. The van der Waals surface area contributed by atoms with E-state index in [9.17, 15) is 9.59 Å². The molecule has 1 unspecified atom stereocenters. The highest BCUT2D eigenvalue weighted by atomic mass is 28.4. The van der Waals surface area contributed by atoms with Crippen molar-refractivity contribution in [1.82, 2.24) is 0 Å². The number of benzene rings is 1. The molecule has 0 heterocycles. The Morgan fingerprint density at radius 1 is 1.00 bits per heavy atom. The minimum atomic E-state index is -1.67. The zero-order chi connectivity index (χ0) is 21.2. The van der Waals surface area contributed by atoms with Crippen molar-refractivity contribution in [1.29, 1.82) is 0 Å². The fourth-order valence-electron chi connectivity index (χ4n) is 2.45. The van der Waals surface area contributed by atoms with Gasteiger partial charge in [0.25, 0.3) is 0 Å². The lowest BCUT2D eigenvalue weighted by Gasteiger charge is -2.36. The quantitative estimate of drug-likeness (QED) is 0.278. The van der Waals surface area contributed by atoms with Gasteiger partial charge < -0.3 is 13.9 Å². The van der Waals surface area contributed by atoms with Gasteiger partial charge in [-0.15, -0.1) is 0 Å². The van der Waals surface area contributed by atoms with Crippen LogP contribution in [0, 0.1) is 0 Å². The average Bonchev–Trinajstić information content (AvgIpc) is 2.64. The van der Waals surface area contributed by atoms with Crippen LogP contribution < -0.4 is 0 Å². The Hall–Kier alpha value is -1.66. The molecule has 0 aliphatic carbocycles. The Bertz CT molecular complexity index is 607. The highest BCUT2D eigenvalue weighted by molar-refractivity contribution is 6.74. The topological polar surface area (TPSA) is 61.8 Å². The molecule has 0 fully saturated rings. The van der Waals surface area contributed by atoms with Crippen molar-refractivity contribution in [3.63, 3.8) is 0 Å². The van der Waals surface area contributed by atoms with Crippen LogP contribution in [0.3, 0.4) is 0 Å². The summed E-state index contributed by atoms with van der Waals surface area (Å²) in [6.07, 6.45) is 2.98. The van der Waals surface area contributed by atoms with Gasteiger partial charge in [0.15, 0.2) is 8.32 Å². The van der Waals surface area contributed by atoms with Crippen molar-refractivity contribution in [2.75, 3.05) is 13.7 Å². The maximum absolute atomic E-state index is 12.1. The van der Waals surface area contributed by atoms with Crippen LogP contribution in [0.1, 0.15) is 64.5 Å². The maximum atomic E-state index is 12.1. The molecule has 0 saturated heterocycles. The molecule has 6 heteroatoms. The number of hydrogen-bond acceptors (Lipinski definition) is 5. The number of ether oxygens (including phenoxy) is 2. The van der Waals surface area contributed by atoms with E-state index in [4.69, 9.17) is 13.9 Å². The van der Waals surface area contributed by atoms with Crippen molar-refractivity contribution in [2.24, 2.45) is 0 Å². The summed E-state index contributed by atoms with van der Waals surface area (Å²) in [6, 6.07) is 8.93. The number of rotatable bonds is 11. The summed E-state index contributed by atoms with van der Waals surface area (Å²) < 4.78 is 16.3. The van der Waals surface area contributed by atoms with Crippen molar-refractivity contribution >= 4 is 20.3 Å². The van der Waals surface area contributed by atoms with E-state index >= 15 is 0 Å². The Balaban J connectivity index is 2.30. The van der Waals surface area contributed by atoms with Gasteiger partial charge in [-0.1, -0.05) is 63.9 Å². The van der Waals surface area contributed by atoms with Crippen LogP contribution in [0.4, 0.5) is 0 Å². The van der Waals surface area contributed by atoms with E-state index in [-0.39, 0.29) is 11.0 Å². The van der Waals surface area contributed by atoms with E-state index in [1.165, 1.54) is 7.11 Å². The third-order valence-electron chi connectivity index (χ3n) is 5.31. The molecule has 0 N–H and O–H groups in total. The van der Waals surface area contributed by atoms with Crippen LogP contribution in [-0.2, 0) is 23.5 Å². The lowest BCUT2D eigenvalue weighted by atomic mass is 10.1. The minimum absolute atomic E-state index is 0.228. The molecule has 0 amide bonds. The van der Waals surface area contributed by atoms with Crippen LogP contribution in [0.2, 0.25) is 18.1 Å². The summed E-state index contributed by atoms with van der Waals surface area (Å²) in [7, 11) is -0.385. The fraction of sp³-hybridized carbons (Fsp3) is 0.636. The molecule has 0 spiro atoms. The molecule has 0 radical (unpaired) electrons. The molecular weight excluding hydrogens is 372 g/mol. The van der Waals surface area contributed by atoms with Gasteiger partial charge >= 0.3 is 11.9 Å². The minimum Gasteiger partial charge on any atom is -0.466 e. The van der Waals surface area contributed by atoms with Gasteiger partial charge in [-0.2, -0.15) is 0 Å². The summed E-state index contributed by atoms with van der Waals surface area (Å²) in [4.78, 5) is 24.1. The zero-order valence-corrected chi connectivity index (χ0v) is 19.2. The summed E-state index contributed by atoms with van der Waals surface area (Å²) >= 11 is 0. The first-order valence-corrected chi connectivity index (χ1v) is 13.0. The van der Waals surface area contributed by atoms with Crippen molar-refractivity contribution in [3.8, 4) is 0 Å². The lowest BCUT2D eigenvalue weighted by molar-refractivity contribution is -0.166. The van der Waals surface area contributed by atoms with Crippen molar-refractivity contribution < 1.29 is 23.5 Å². The first-order valence-electron chi connectivity index (χ1n) is 10.0. The van der Waals surface area contributed by atoms with Crippen LogP contribution in [0.5, 0.6) is 0 Å². The number of carbonyl (C=O) groups is 2. The number of methoxy groups -OCH3 is 1. The Morgan fingerprint density at radius 3 is 2.18 bits per heavy atom. The van der Waals surface area contributed by atoms with E-state index in [1.54, 1.807) is 24.3 Å². The van der Waals surface area contributed by atoms with Gasteiger partial charge in [0.1, 0.15) is 0 Å². The maximum Gasteiger partial charge on any atom is 0.351 e. The molecule has 28 heavy (non-hydrogen) atoms. The number of esters is 2. The van der Waals surface area contributed by atoms with E-state index < -0.39 is 20.4 Å². The van der Waals surface area contributed by atoms with Crippen molar-refractivity contribution in [2.45, 2.75) is 77.1 Å². The highest BCUT2D eigenvalue weighted by Gasteiger charge is 2.36. The van der Waals surface area contributed by atoms with Gasteiger partial charge in [-0.05, 0) is 31.0 Å². The van der Waals surface area contributed by atoms with E-state index in [2.05, 4.69) is 33.9 Å². The average molecular weight is 409 g/mol. The predicted molar refractivity (Wildman–Crippen MR) is 114 cm³/mol. The van der Waals surface area contributed by atoms with Crippen LogP contribution in [0.15, 0.2) is 30.3 Å². The second-order valence-corrected chi connectivity index (χ2v) is 13.4. The van der Waals surface area contributed by atoms with Gasteiger partial charge in [-0.25, -0.2) is 4.79 Å². The first kappa shape index (κ1) is 24.4. The predicted octanol–water partition coefficient (Wildman–Crippen LogP) is 5.42. The molecule has 1 aromatic rings. The monoisotopic (exact) mass is 408 g/mol. The summed E-state index contributed by atoms with van der Waals surface area (Å²) in [5.41, 5.74) is 0.616. The second kappa shape index (κ2) is 11.4. The SMILES string of the molecule is COC(=O)C(OC(=O)CCCCCCO[Si](C)(C)C(C)(C)C)c1ccccc1. The van der Waals surface area contributed by atoms with E-state index in [0.717, 1.165) is 32.3 Å². The Kier molecular flexibility index (Phi) is 9.89.